The number of non-ortho nitro benzene ring substituents is 1. The molecule has 8 nitrogen and oxygen atoms in total. The lowest BCUT2D eigenvalue weighted by atomic mass is 10.2. The highest BCUT2D eigenvalue weighted by atomic mass is 35.5. The summed E-state index contributed by atoms with van der Waals surface area (Å²) in [6.07, 6.45) is 0. The standard InChI is InChI=1S/C17H19ClN4O4S/c1-20-8-10-21(11-9-20)27(25,26)15-5-2-13(3-6-15)19-17-7-4-14(22(23)24)12-16(17)18/h2-7,12,19H,8-11H2,1H3/p+1. The number of likely N-dealkylation sites (N-methyl/N-ethyl adjacent to an activating group) is 1. The summed E-state index contributed by atoms with van der Waals surface area (Å²) < 4.78 is 27.0. The second-order valence-corrected chi connectivity index (χ2v) is 8.78. The second kappa shape index (κ2) is 7.81. The van der Waals surface area contributed by atoms with E-state index in [9.17, 15) is 18.5 Å². The minimum atomic E-state index is -3.51. The van der Waals surface area contributed by atoms with E-state index in [4.69, 9.17) is 11.6 Å². The zero-order valence-corrected chi connectivity index (χ0v) is 16.3. The van der Waals surface area contributed by atoms with Crippen molar-refractivity contribution in [1.29, 1.82) is 0 Å². The Kier molecular flexibility index (Phi) is 5.66. The van der Waals surface area contributed by atoms with Crippen molar-refractivity contribution in [3.8, 4) is 0 Å². The zero-order valence-electron chi connectivity index (χ0n) is 14.7. The van der Waals surface area contributed by atoms with E-state index >= 15 is 0 Å². The fraction of sp³-hybridized carbons (Fsp3) is 0.294. The molecule has 10 heteroatoms. The Labute approximate surface area is 162 Å². The molecule has 1 heterocycles. The van der Waals surface area contributed by atoms with Gasteiger partial charge in [-0.05, 0) is 30.3 Å². The number of piperazine rings is 1. The normalized spacial score (nSPS) is 16.2. The number of nitrogens with zero attached hydrogens (tertiary/aromatic N) is 2. The average Bonchev–Trinajstić information content (AvgIpc) is 2.64. The molecule has 0 radical (unpaired) electrons. The Morgan fingerprint density at radius 2 is 1.78 bits per heavy atom. The maximum atomic E-state index is 12.7. The molecule has 1 fully saturated rings. The second-order valence-electron chi connectivity index (χ2n) is 6.43. The molecule has 0 amide bonds. The van der Waals surface area contributed by atoms with Crippen LogP contribution in [0.3, 0.4) is 0 Å². The number of hydrogen-bond donors (Lipinski definition) is 2. The Hall–Kier alpha value is -2.20. The van der Waals surface area contributed by atoms with Crippen molar-refractivity contribution in [3.05, 3.63) is 57.6 Å². The smallest absolute Gasteiger partial charge is 0.271 e. The van der Waals surface area contributed by atoms with E-state index in [2.05, 4.69) is 5.32 Å². The third-order valence-corrected chi connectivity index (χ3v) is 6.74. The fourth-order valence-electron chi connectivity index (χ4n) is 2.84. The number of anilines is 2. The monoisotopic (exact) mass is 411 g/mol. The van der Waals surface area contributed by atoms with Gasteiger partial charge in [-0.2, -0.15) is 4.31 Å². The molecule has 3 rings (SSSR count). The predicted molar refractivity (Wildman–Crippen MR) is 103 cm³/mol. The van der Waals surface area contributed by atoms with E-state index in [0.717, 1.165) is 13.1 Å². The van der Waals surface area contributed by atoms with Crippen LogP contribution in [0.1, 0.15) is 0 Å². The van der Waals surface area contributed by atoms with E-state index in [1.807, 2.05) is 7.05 Å². The molecule has 0 spiro atoms. The number of nitrogens with one attached hydrogen (secondary N) is 2. The molecule has 0 aliphatic carbocycles. The van der Waals surface area contributed by atoms with Gasteiger partial charge in [0.25, 0.3) is 5.69 Å². The lowest BCUT2D eigenvalue weighted by molar-refractivity contribution is -0.883. The number of halogens is 1. The van der Waals surface area contributed by atoms with Crippen LogP contribution in [-0.4, -0.2) is 50.9 Å². The number of hydrogen-bond acceptors (Lipinski definition) is 5. The highest BCUT2D eigenvalue weighted by molar-refractivity contribution is 7.89. The topological polar surface area (TPSA) is 97.0 Å². The van der Waals surface area contributed by atoms with Crippen molar-refractivity contribution in [1.82, 2.24) is 4.31 Å². The molecule has 0 aromatic heterocycles. The van der Waals surface area contributed by atoms with Crippen molar-refractivity contribution in [2.24, 2.45) is 0 Å². The Morgan fingerprint density at radius 1 is 1.15 bits per heavy atom. The SMILES string of the molecule is C[NH+]1CCN(S(=O)(=O)c2ccc(Nc3ccc([N+](=O)[O-])cc3Cl)cc2)CC1. The third kappa shape index (κ3) is 4.38. The maximum absolute atomic E-state index is 12.7. The van der Waals surface area contributed by atoms with Gasteiger partial charge in [0.1, 0.15) is 0 Å². The summed E-state index contributed by atoms with van der Waals surface area (Å²) >= 11 is 6.07. The van der Waals surface area contributed by atoms with Gasteiger partial charge in [0.2, 0.25) is 10.0 Å². The first-order valence-electron chi connectivity index (χ1n) is 8.40. The largest absolute Gasteiger partial charge is 0.354 e. The summed E-state index contributed by atoms with van der Waals surface area (Å²) in [4.78, 5) is 11.8. The Morgan fingerprint density at radius 3 is 2.33 bits per heavy atom. The van der Waals surface area contributed by atoms with Gasteiger partial charge < -0.3 is 10.2 Å². The highest BCUT2D eigenvalue weighted by Crippen LogP contribution is 2.29. The van der Waals surface area contributed by atoms with Crippen LogP contribution in [0.2, 0.25) is 5.02 Å². The van der Waals surface area contributed by atoms with Crippen molar-refractivity contribution < 1.29 is 18.2 Å². The molecule has 2 aromatic carbocycles. The molecular weight excluding hydrogens is 392 g/mol. The van der Waals surface area contributed by atoms with Crippen molar-refractivity contribution >= 4 is 38.7 Å². The molecule has 2 aromatic rings. The summed E-state index contributed by atoms with van der Waals surface area (Å²) in [7, 11) is -1.46. The lowest BCUT2D eigenvalue weighted by Gasteiger charge is -2.29. The van der Waals surface area contributed by atoms with Crippen LogP contribution in [-0.2, 0) is 10.0 Å². The Balaban J connectivity index is 1.75. The number of quaternary nitrogens is 1. The summed E-state index contributed by atoms with van der Waals surface area (Å²) in [5, 5.41) is 14.0. The number of rotatable bonds is 5. The van der Waals surface area contributed by atoms with Crippen LogP contribution >= 0.6 is 11.6 Å². The Bertz CT molecular complexity index is 942. The van der Waals surface area contributed by atoms with Crippen LogP contribution in [0.5, 0.6) is 0 Å². The first-order valence-corrected chi connectivity index (χ1v) is 10.2. The van der Waals surface area contributed by atoms with Crippen LogP contribution in [0, 0.1) is 10.1 Å². The summed E-state index contributed by atoms with van der Waals surface area (Å²) in [6.45, 7) is 2.59. The van der Waals surface area contributed by atoms with Gasteiger partial charge in [-0.25, -0.2) is 8.42 Å². The fourth-order valence-corrected chi connectivity index (χ4v) is 4.51. The average molecular weight is 412 g/mol. The van der Waals surface area contributed by atoms with Crippen molar-refractivity contribution in [2.75, 3.05) is 38.5 Å². The van der Waals surface area contributed by atoms with E-state index in [1.54, 1.807) is 24.3 Å². The van der Waals surface area contributed by atoms with Gasteiger partial charge in [0.05, 0.1) is 53.8 Å². The minimum Gasteiger partial charge on any atom is -0.354 e. The predicted octanol–water partition coefficient (Wildman–Crippen LogP) is 1.51. The number of nitro benzene ring substituents is 1. The van der Waals surface area contributed by atoms with Gasteiger partial charge in [-0.15, -0.1) is 0 Å². The van der Waals surface area contributed by atoms with Crippen LogP contribution in [0.4, 0.5) is 17.1 Å². The van der Waals surface area contributed by atoms with Crippen LogP contribution in [0.25, 0.3) is 0 Å². The molecule has 1 aliphatic rings. The minimum absolute atomic E-state index is 0.0963. The summed E-state index contributed by atoms with van der Waals surface area (Å²) in [5.41, 5.74) is 1.04. The number of benzene rings is 2. The van der Waals surface area contributed by atoms with Gasteiger partial charge in [0, 0.05) is 17.8 Å². The maximum Gasteiger partial charge on any atom is 0.271 e. The van der Waals surface area contributed by atoms with E-state index in [0.29, 0.717) is 24.5 Å². The lowest BCUT2D eigenvalue weighted by Crippen LogP contribution is -3.12. The third-order valence-electron chi connectivity index (χ3n) is 4.51. The van der Waals surface area contributed by atoms with Gasteiger partial charge in [-0.1, -0.05) is 11.6 Å². The molecule has 0 bridgehead atoms. The molecule has 0 saturated carbocycles. The highest BCUT2D eigenvalue weighted by Gasteiger charge is 2.28. The van der Waals surface area contributed by atoms with Crippen molar-refractivity contribution in [2.45, 2.75) is 4.90 Å². The van der Waals surface area contributed by atoms with E-state index in [1.165, 1.54) is 27.4 Å². The van der Waals surface area contributed by atoms with Gasteiger partial charge in [0.15, 0.2) is 0 Å². The molecule has 0 atom stereocenters. The number of sulfonamides is 1. The summed E-state index contributed by atoms with van der Waals surface area (Å²) in [6, 6.07) is 10.5. The van der Waals surface area contributed by atoms with Crippen molar-refractivity contribution in [3.63, 3.8) is 0 Å². The van der Waals surface area contributed by atoms with E-state index < -0.39 is 14.9 Å². The van der Waals surface area contributed by atoms with Crippen LogP contribution < -0.4 is 10.2 Å². The summed E-state index contributed by atoms with van der Waals surface area (Å²) in [5.74, 6) is 0. The molecule has 2 N–H and O–H groups in total. The number of nitro groups is 1. The first kappa shape index (κ1) is 19.6. The molecule has 27 heavy (non-hydrogen) atoms. The zero-order chi connectivity index (χ0) is 19.6. The van der Waals surface area contributed by atoms with Gasteiger partial charge >= 0.3 is 0 Å². The van der Waals surface area contributed by atoms with Gasteiger partial charge in [-0.3, -0.25) is 10.1 Å². The quantitative estimate of drug-likeness (QED) is 0.574. The molecule has 1 saturated heterocycles. The molecule has 144 valence electrons. The molecule has 1 aliphatic heterocycles. The molecular formula is C17H20ClN4O4S+. The first-order chi connectivity index (χ1) is 12.8. The van der Waals surface area contributed by atoms with Crippen LogP contribution in [0.15, 0.2) is 47.4 Å². The van der Waals surface area contributed by atoms with E-state index in [-0.39, 0.29) is 15.6 Å². The molecule has 0 unspecified atom stereocenters.